The van der Waals surface area contributed by atoms with Crippen LogP contribution in [0, 0.1) is 0 Å². The minimum Gasteiger partial charge on any atom is -0.495 e. The normalized spacial score (nSPS) is 9.90. The first-order valence-corrected chi connectivity index (χ1v) is 6.45. The van der Waals surface area contributed by atoms with Crippen molar-refractivity contribution in [1.29, 1.82) is 0 Å². The Bertz CT molecular complexity index is 474. The van der Waals surface area contributed by atoms with Gasteiger partial charge in [-0.05, 0) is 31.5 Å². The third-order valence-corrected chi connectivity index (χ3v) is 2.64. The minimum atomic E-state index is -0.254. The van der Waals surface area contributed by atoms with Crippen molar-refractivity contribution in [3.8, 4) is 5.75 Å². The van der Waals surface area contributed by atoms with Crippen LogP contribution in [-0.2, 0) is 9.53 Å². The van der Waals surface area contributed by atoms with E-state index in [9.17, 15) is 9.59 Å². The van der Waals surface area contributed by atoms with Crippen LogP contribution in [0.3, 0.4) is 0 Å². The summed E-state index contributed by atoms with van der Waals surface area (Å²) in [7, 11) is 1.49. The summed E-state index contributed by atoms with van der Waals surface area (Å²) in [4.78, 5) is 23.0. The zero-order valence-electron chi connectivity index (χ0n) is 11.8. The Hall–Kier alpha value is -2.24. The number of rotatable bonds is 7. The fourth-order valence-electron chi connectivity index (χ4n) is 1.62. The van der Waals surface area contributed by atoms with Crippen LogP contribution in [0.2, 0.25) is 0 Å². The van der Waals surface area contributed by atoms with E-state index >= 15 is 0 Å². The molecule has 1 rings (SSSR count). The molecule has 0 atom stereocenters. The molecular formula is C14H20N2O4. The number of anilines is 1. The monoisotopic (exact) mass is 280 g/mol. The molecule has 1 aromatic rings. The Morgan fingerprint density at radius 2 is 2.10 bits per heavy atom. The van der Waals surface area contributed by atoms with Gasteiger partial charge in [0.05, 0.1) is 19.4 Å². The third kappa shape index (κ3) is 4.79. The number of benzene rings is 1. The van der Waals surface area contributed by atoms with E-state index in [2.05, 4.69) is 5.32 Å². The number of hydrogen-bond acceptors (Lipinski definition) is 5. The Morgan fingerprint density at radius 1 is 1.35 bits per heavy atom. The molecule has 3 N–H and O–H groups in total. The molecule has 1 aromatic carbocycles. The molecule has 0 fully saturated rings. The van der Waals surface area contributed by atoms with E-state index in [0.29, 0.717) is 43.0 Å². The molecule has 0 unspecified atom stereocenters. The number of nitrogens with two attached hydrogens (primary N) is 1. The van der Waals surface area contributed by atoms with Gasteiger partial charge in [0.25, 0.3) is 5.91 Å². The molecule has 20 heavy (non-hydrogen) atoms. The largest absolute Gasteiger partial charge is 0.495 e. The highest BCUT2D eigenvalue weighted by Gasteiger charge is 2.09. The van der Waals surface area contributed by atoms with Crippen LogP contribution in [0.25, 0.3) is 0 Å². The quantitative estimate of drug-likeness (QED) is 0.447. The number of ether oxygens (including phenoxy) is 2. The molecular weight excluding hydrogens is 260 g/mol. The second-order valence-electron chi connectivity index (χ2n) is 4.12. The zero-order chi connectivity index (χ0) is 15.0. The molecule has 0 aliphatic rings. The van der Waals surface area contributed by atoms with Crippen LogP contribution in [0.4, 0.5) is 5.69 Å². The van der Waals surface area contributed by atoms with Gasteiger partial charge in [0, 0.05) is 18.5 Å². The lowest BCUT2D eigenvalue weighted by atomic mass is 10.1. The van der Waals surface area contributed by atoms with Gasteiger partial charge in [-0.25, -0.2) is 0 Å². The van der Waals surface area contributed by atoms with Gasteiger partial charge in [-0.3, -0.25) is 9.59 Å². The summed E-state index contributed by atoms with van der Waals surface area (Å²) >= 11 is 0. The molecule has 0 heterocycles. The second-order valence-corrected chi connectivity index (χ2v) is 4.12. The number of carbonyl (C=O) groups excluding carboxylic acids is 2. The van der Waals surface area contributed by atoms with Gasteiger partial charge in [0.2, 0.25) is 0 Å². The maximum atomic E-state index is 11.9. The summed E-state index contributed by atoms with van der Waals surface area (Å²) in [5.41, 5.74) is 6.62. The van der Waals surface area contributed by atoms with Gasteiger partial charge in [-0.1, -0.05) is 0 Å². The molecule has 6 heteroatoms. The molecule has 1 amide bonds. The smallest absolute Gasteiger partial charge is 0.305 e. The van der Waals surface area contributed by atoms with Gasteiger partial charge in [0.15, 0.2) is 0 Å². The molecule has 0 aromatic heterocycles. The molecule has 6 nitrogen and oxygen atoms in total. The number of esters is 1. The van der Waals surface area contributed by atoms with E-state index < -0.39 is 0 Å². The maximum Gasteiger partial charge on any atom is 0.305 e. The highest BCUT2D eigenvalue weighted by Crippen LogP contribution is 2.21. The average Bonchev–Trinajstić information content (AvgIpc) is 2.44. The van der Waals surface area contributed by atoms with Gasteiger partial charge >= 0.3 is 5.97 Å². The Kier molecular flexibility index (Phi) is 6.36. The van der Waals surface area contributed by atoms with Crippen molar-refractivity contribution < 1.29 is 19.1 Å². The van der Waals surface area contributed by atoms with Gasteiger partial charge in [0.1, 0.15) is 5.75 Å². The molecule has 0 aliphatic carbocycles. The topological polar surface area (TPSA) is 90.7 Å². The van der Waals surface area contributed by atoms with Crippen LogP contribution in [0.5, 0.6) is 5.75 Å². The number of hydrogen-bond donors (Lipinski definition) is 2. The fourth-order valence-corrected chi connectivity index (χ4v) is 1.62. The maximum absolute atomic E-state index is 11.9. The first kappa shape index (κ1) is 15.8. The van der Waals surface area contributed by atoms with Crippen molar-refractivity contribution in [2.45, 2.75) is 19.8 Å². The summed E-state index contributed by atoms with van der Waals surface area (Å²) < 4.78 is 9.85. The van der Waals surface area contributed by atoms with Crippen molar-refractivity contribution in [3.63, 3.8) is 0 Å². The molecule has 0 radical (unpaired) electrons. The Labute approximate surface area is 118 Å². The molecule has 0 aliphatic heterocycles. The summed E-state index contributed by atoms with van der Waals surface area (Å²) in [6, 6.07) is 4.82. The lowest BCUT2D eigenvalue weighted by molar-refractivity contribution is -0.143. The number of amides is 1. The molecule has 0 saturated heterocycles. The number of nitrogen functional groups attached to an aromatic ring is 1. The summed E-state index contributed by atoms with van der Waals surface area (Å²) in [5, 5.41) is 2.72. The molecule has 0 bridgehead atoms. The summed E-state index contributed by atoms with van der Waals surface area (Å²) in [6.07, 6.45) is 0.829. The highest BCUT2D eigenvalue weighted by molar-refractivity contribution is 5.95. The first-order chi connectivity index (χ1) is 9.58. The molecule has 0 spiro atoms. The summed E-state index contributed by atoms with van der Waals surface area (Å²) in [6.45, 7) is 2.54. The van der Waals surface area contributed by atoms with Crippen molar-refractivity contribution in [1.82, 2.24) is 5.32 Å². The van der Waals surface area contributed by atoms with Crippen LogP contribution < -0.4 is 15.8 Å². The summed E-state index contributed by atoms with van der Waals surface area (Å²) in [5.74, 6) is -0.0211. The third-order valence-electron chi connectivity index (χ3n) is 2.64. The minimum absolute atomic E-state index is 0.229. The average molecular weight is 280 g/mol. The number of methoxy groups -OCH3 is 1. The van der Waals surface area contributed by atoms with E-state index in [1.807, 2.05) is 0 Å². The number of carbonyl (C=O) groups is 2. The fraction of sp³-hybridized carbons (Fsp3) is 0.429. The number of nitrogens with one attached hydrogen (secondary N) is 1. The van der Waals surface area contributed by atoms with Crippen molar-refractivity contribution in [2.75, 3.05) is 26.0 Å². The van der Waals surface area contributed by atoms with Crippen molar-refractivity contribution in [2.24, 2.45) is 0 Å². The van der Waals surface area contributed by atoms with E-state index in [4.69, 9.17) is 15.2 Å². The lowest BCUT2D eigenvalue weighted by Gasteiger charge is -2.08. The predicted molar refractivity (Wildman–Crippen MR) is 75.6 cm³/mol. The van der Waals surface area contributed by atoms with Gasteiger partial charge < -0.3 is 20.5 Å². The van der Waals surface area contributed by atoms with E-state index in [1.165, 1.54) is 7.11 Å². The standard InChI is InChI=1S/C14H20N2O4/c1-3-20-13(17)5-4-8-16-14(18)10-6-7-11(15)12(9-10)19-2/h6-7,9H,3-5,8,15H2,1-2H3,(H,16,18). The Morgan fingerprint density at radius 3 is 2.75 bits per heavy atom. The van der Waals surface area contributed by atoms with Gasteiger partial charge in [-0.2, -0.15) is 0 Å². The van der Waals surface area contributed by atoms with Crippen molar-refractivity contribution in [3.05, 3.63) is 23.8 Å². The van der Waals surface area contributed by atoms with Crippen LogP contribution in [0.15, 0.2) is 18.2 Å². The molecule has 0 saturated carbocycles. The highest BCUT2D eigenvalue weighted by atomic mass is 16.5. The van der Waals surface area contributed by atoms with E-state index in [-0.39, 0.29) is 11.9 Å². The van der Waals surface area contributed by atoms with E-state index in [1.54, 1.807) is 25.1 Å². The molecule has 110 valence electrons. The SMILES string of the molecule is CCOC(=O)CCCNC(=O)c1ccc(N)c(OC)c1. The van der Waals surface area contributed by atoms with Crippen LogP contribution >= 0.6 is 0 Å². The van der Waals surface area contributed by atoms with Crippen molar-refractivity contribution >= 4 is 17.6 Å². The second kappa shape index (κ2) is 8.04. The Balaban J connectivity index is 2.41. The zero-order valence-corrected chi connectivity index (χ0v) is 11.8. The lowest BCUT2D eigenvalue weighted by Crippen LogP contribution is -2.25. The predicted octanol–water partition coefficient (Wildman–Crippen LogP) is 1.35. The van der Waals surface area contributed by atoms with E-state index in [0.717, 1.165) is 0 Å². The first-order valence-electron chi connectivity index (χ1n) is 6.45. The van der Waals surface area contributed by atoms with Crippen LogP contribution in [0.1, 0.15) is 30.1 Å². The van der Waals surface area contributed by atoms with Gasteiger partial charge in [-0.15, -0.1) is 0 Å². The van der Waals surface area contributed by atoms with Crippen LogP contribution in [-0.4, -0.2) is 32.1 Å².